The maximum absolute atomic E-state index is 13.2. The van der Waals surface area contributed by atoms with E-state index in [0.717, 1.165) is 5.69 Å². The first-order chi connectivity index (χ1) is 8.17. The number of nitrogens with one attached hydrogen (secondary N) is 1. The van der Waals surface area contributed by atoms with Crippen molar-refractivity contribution >= 4 is 17.0 Å². The molecular formula is C13H14FNOS. The van der Waals surface area contributed by atoms with Gasteiger partial charge in [0, 0.05) is 34.1 Å². The predicted molar refractivity (Wildman–Crippen MR) is 69.3 cm³/mol. The number of methoxy groups -OCH3 is 1. The molecule has 0 fully saturated rings. The Hall–Kier alpha value is -1.55. The summed E-state index contributed by atoms with van der Waals surface area (Å²) in [5.74, 6) is 0.226. The van der Waals surface area contributed by atoms with E-state index in [0.29, 0.717) is 12.3 Å². The van der Waals surface area contributed by atoms with Crippen molar-refractivity contribution in [2.24, 2.45) is 0 Å². The monoisotopic (exact) mass is 251 g/mol. The highest BCUT2D eigenvalue weighted by molar-refractivity contribution is 7.11. The van der Waals surface area contributed by atoms with E-state index in [2.05, 4.69) is 24.4 Å². The maximum Gasteiger partial charge on any atom is 0.128 e. The van der Waals surface area contributed by atoms with E-state index < -0.39 is 0 Å². The molecule has 1 aromatic heterocycles. The van der Waals surface area contributed by atoms with Crippen LogP contribution < -0.4 is 10.1 Å². The Morgan fingerprint density at radius 1 is 1.29 bits per heavy atom. The summed E-state index contributed by atoms with van der Waals surface area (Å²) in [6.45, 7) is 2.77. The minimum atomic E-state index is -0.297. The lowest BCUT2D eigenvalue weighted by Crippen LogP contribution is -1.98. The number of aryl methyl sites for hydroxylation is 1. The molecule has 0 aliphatic rings. The second-order valence-electron chi connectivity index (χ2n) is 3.75. The fourth-order valence-electron chi connectivity index (χ4n) is 1.55. The highest BCUT2D eigenvalue weighted by Crippen LogP contribution is 2.21. The molecule has 2 rings (SSSR count). The number of ether oxygens (including phenoxy) is 1. The summed E-state index contributed by atoms with van der Waals surface area (Å²) in [5.41, 5.74) is 0.730. The standard InChI is InChI=1S/C13H14FNOS/c1-9-3-4-13(17-9)8-15-11-5-10(14)6-12(7-11)16-2/h3-7,15H,8H2,1-2H3. The maximum atomic E-state index is 13.2. The number of thiophene rings is 1. The molecule has 0 atom stereocenters. The molecule has 2 nitrogen and oxygen atoms in total. The fourth-order valence-corrected chi connectivity index (χ4v) is 2.38. The van der Waals surface area contributed by atoms with Crippen LogP contribution in [0.15, 0.2) is 30.3 Å². The average Bonchev–Trinajstić information content (AvgIpc) is 2.72. The Morgan fingerprint density at radius 2 is 2.12 bits per heavy atom. The van der Waals surface area contributed by atoms with Gasteiger partial charge < -0.3 is 10.1 Å². The van der Waals surface area contributed by atoms with Crippen LogP contribution in [0.4, 0.5) is 10.1 Å². The zero-order valence-corrected chi connectivity index (χ0v) is 10.6. The van der Waals surface area contributed by atoms with Crippen LogP contribution in [-0.2, 0) is 6.54 Å². The van der Waals surface area contributed by atoms with Crippen molar-refractivity contribution in [2.75, 3.05) is 12.4 Å². The van der Waals surface area contributed by atoms with Gasteiger partial charge in [-0.15, -0.1) is 11.3 Å². The van der Waals surface area contributed by atoms with Crippen LogP contribution in [0.25, 0.3) is 0 Å². The number of hydrogen-bond acceptors (Lipinski definition) is 3. The molecule has 0 spiro atoms. The molecule has 1 aromatic carbocycles. The van der Waals surface area contributed by atoms with Crippen molar-refractivity contribution in [2.45, 2.75) is 13.5 Å². The first-order valence-electron chi connectivity index (χ1n) is 5.31. The zero-order valence-electron chi connectivity index (χ0n) is 9.79. The predicted octanol–water partition coefficient (Wildman–Crippen LogP) is 3.82. The van der Waals surface area contributed by atoms with Crippen LogP contribution in [0.3, 0.4) is 0 Å². The van der Waals surface area contributed by atoms with Gasteiger partial charge in [-0.05, 0) is 25.1 Å². The summed E-state index contributed by atoms with van der Waals surface area (Å²) in [6, 6.07) is 8.75. The molecule has 17 heavy (non-hydrogen) atoms. The summed E-state index contributed by atoms with van der Waals surface area (Å²) in [6.07, 6.45) is 0. The van der Waals surface area contributed by atoms with Crippen molar-refractivity contribution < 1.29 is 9.13 Å². The molecule has 1 N–H and O–H groups in total. The van der Waals surface area contributed by atoms with E-state index in [-0.39, 0.29) is 5.82 Å². The van der Waals surface area contributed by atoms with Crippen molar-refractivity contribution in [1.29, 1.82) is 0 Å². The molecule has 90 valence electrons. The molecule has 0 unspecified atom stereocenters. The number of rotatable bonds is 4. The smallest absolute Gasteiger partial charge is 0.128 e. The number of halogens is 1. The third kappa shape index (κ3) is 3.20. The molecule has 0 amide bonds. The molecule has 0 saturated heterocycles. The summed E-state index contributed by atoms with van der Waals surface area (Å²) < 4.78 is 18.2. The summed E-state index contributed by atoms with van der Waals surface area (Å²) in [5, 5.41) is 3.18. The van der Waals surface area contributed by atoms with E-state index in [9.17, 15) is 4.39 Å². The Labute approximate surface area is 104 Å². The second kappa shape index (κ2) is 5.19. The van der Waals surface area contributed by atoms with Gasteiger partial charge in [0.05, 0.1) is 7.11 Å². The van der Waals surface area contributed by atoms with Gasteiger partial charge in [-0.3, -0.25) is 0 Å². The molecular weight excluding hydrogens is 237 g/mol. The minimum Gasteiger partial charge on any atom is -0.497 e. The molecule has 0 aliphatic heterocycles. The highest BCUT2D eigenvalue weighted by Gasteiger charge is 2.02. The normalized spacial score (nSPS) is 10.3. The minimum absolute atomic E-state index is 0.297. The molecule has 0 radical (unpaired) electrons. The molecule has 0 aliphatic carbocycles. The van der Waals surface area contributed by atoms with Crippen molar-refractivity contribution in [1.82, 2.24) is 0 Å². The van der Waals surface area contributed by atoms with E-state index in [1.807, 2.05) is 0 Å². The van der Waals surface area contributed by atoms with Gasteiger partial charge in [0.2, 0.25) is 0 Å². The molecule has 2 aromatic rings. The summed E-state index contributed by atoms with van der Waals surface area (Å²) in [7, 11) is 1.53. The topological polar surface area (TPSA) is 21.3 Å². The third-order valence-electron chi connectivity index (χ3n) is 2.37. The number of benzene rings is 1. The van der Waals surface area contributed by atoms with E-state index >= 15 is 0 Å². The van der Waals surface area contributed by atoms with Crippen LogP contribution in [0, 0.1) is 12.7 Å². The first-order valence-corrected chi connectivity index (χ1v) is 6.13. The van der Waals surface area contributed by atoms with Crippen LogP contribution in [0.2, 0.25) is 0 Å². The quantitative estimate of drug-likeness (QED) is 0.892. The average molecular weight is 251 g/mol. The van der Waals surface area contributed by atoms with Crippen LogP contribution >= 0.6 is 11.3 Å². The highest BCUT2D eigenvalue weighted by atomic mass is 32.1. The molecule has 0 bridgehead atoms. The van der Waals surface area contributed by atoms with Crippen LogP contribution in [0.1, 0.15) is 9.75 Å². The number of hydrogen-bond donors (Lipinski definition) is 1. The van der Waals surface area contributed by atoms with Gasteiger partial charge in [-0.2, -0.15) is 0 Å². The van der Waals surface area contributed by atoms with Crippen molar-refractivity contribution in [3.05, 3.63) is 45.9 Å². The van der Waals surface area contributed by atoms with Gasteiger partial charge in [-0.1, -0.05) is 0 Å². The fraction of sp³-hybridized carbons (Fsp3) is 0.231. The lowest BCUT2D eigenvalue weighted by molar-refractivity contribution is 0.411. The first kappa shape index (κ1) is 11.9. The van der Waals surface area contributed by atoms with E-state index in [1.54, 1.807) is 17.4 Å². The number of anilines is 1. The summed E-state index contributed by atoms with van der Waals surface area (Å²) >= 11 is 1.73. The van der Waals surface area contributed by atoms with Gasteiger partial charge in [0.15, 0.2) is 0 Å². The summed E-state index contributed by atoms with van der Waals surface area (Å²) in [4.78, 5) is 2.50. The zero-order chi connectivity index (χ0) is 12.3. The SMILES string of the molecule is COc1cc(F)cc(NCc2ccc(C)s2)c1. The molecule has 1 heterocycles. The Bertz CT molecular complexity index is 510. The van der Waals surface area contributed by atoms with Gasteiger partial charge in [0.25, 0.3) is 0 Å². The van der Waals surface area contributed by atoms with E-state index in [4.69, 9.17) is 4.74 Å². The van der Waals surface area contributed by atoms with Gasteiger partial charge >= 0.3 is 0 Å². The van der Waals surface area contributed by atoms with E-state index in [1.165, 1.54) is 29.0 Å². The largest absolute Gasteiger partial charge is 0.497 e. The lowest BCUT2D eigenvalue weighted by Gasteiger charge is -2.07. The van der Waals surface area contributed by atoms with Crippen LogP contribution in [-0.4, -0.2) is 7.11 Å². The third-order valence-corrected chi connectivity index (χ3v) is 3.37. The van der Waals surface area contributed by atoms with Crippen molar-refractivity contribution in [3.8, 4) is 5.75 Å². The van der Waals surface area contributed by atoms with Crippen molar-refractivity contribution in [3.63, 3.8) is 0 Å². The Kier molecular flexibility index (Phi) is 3.64. The molecule has 4 heteroatoms. The lowest BCUT2D eigenvalue weighted by atomic mass is 10.3. The van der Waals surface area contributed by atoms with Gasteiger partial charge in [0.1, 0.15) is 11.6 Å². The molecule has 0 saturated carbocycles. The second-order valence-corrected chi connectivity index (χ2v) is 5.12. The van der Waals surface area contributed by atoms with Gasteiger partial charge in [-0.25, -0.2) is 4.39 Å². The Morgan fingerprint density at radius 3 is 2.76 bits per heavy atom. The van der Waals surface area contributed by atoms with Crippen LogP contribution in [0.5, 0.6) is 5.75 Å². The Balaban J connectivity index is 2.05.